The number of benzene rings is 1. The number of nitrogens with zero attached hydrogens (tertiary/aromatic N) is 1. The van der Waals surface area contributed by atoms with Crippen LogP contribution in [0.2, 0.25) is 0 Å². The SMILES string of the molecule is CCC[C@@H](NC(=O)[C@@H]1CCCN1C(=O)[C@@H](NC(=O)[C@@H](NC(=O)[C@H](CCC(=O)O)NC(=O)[C@H](CCC(=O)O)NC(C)=O)C(C)C)C(C)C)C(=O)C(=O)NCC(=O)N[C@H](C(=O)N[C@@H](CC(=O)O)C(=O)N[C@@H](Cc1ccc(O)cc1)C(=O)N[C@@H](CO)C(N)=O)C(C)O. The standard InChI is InChI=1S/C55H82N12O22/c1-8-10-31(45(79)54(88)57-23-38(72)64-44(27(6)69)53(87)62-35(22-41(77)78)50(84)61-34(21-29-12-14-30(71)15-13-29)49(83)63-36(24-68)46(56)80)59-51(85)37-11-9-20-67(37)55(89)43(26(4)5)66-52(86)42(25(2)3)65-48(82)33(17-19-40(75)76)60-47(81)32(58-28(7)70)16-18-39(73)74/h12-15,25-27,31-37,42-44,68-69,71H,8-11,16-24H2,1-7H3,(H2,56,80)(H,57,88)(H,58,70)(H,59,85)(H,60,81)(H,61,84)(H,62,87)(H,63,83)(H,64,72)(H,65,82)(H,66,86)(H,73,74)(H,75,76)(H,77,78)/t27?,31-,32+,33+,34+,35+,36+,37+,42+,43+,44+/m1/s1. The zero-order chi connectivity index (χ0) is 67.6. The Labute approximate surface area is 510 Å². The number of Topliss-reactive ketones (excluding diaryl/α,β-unsaturated/α-hetero) is 1. The first kappa shape index (κ1) is 75.8. The van der Waals surface area contributed by atoms with Gasteiger partial charge in [0, 0.05) is 32.7 Å². The van der Waals surface area contributed by atoms with Gasteiger partial charge in [-0.15, -0.1) is 0 Å². The summed E-state index contributed by atoms with van der Waals surface area (Å²) in [5, 5.41) is 80.7. The minimum Gasteiger partial charge on any atom is -0.508 e. The highest BCUT2D eigenvalue weighted by Gasteiger charge is 2.42. The quantitative estimate of drug-likeness (QED) is 0.0274. The third-order valence-corrected chi connectivity index (χ3v) is 13.7. The fourth-order valence-electron chi connectivity index (χ4n) is 8.95. The van der Waals surface area contributed by atoms with E-state index in [1.807, 2.05) is 5.32 Å². The van der Waals surface area contributed by atoms with Crippen molar-refractivity contribution in [3.05, 3.63) is 29.8 Å². The number of carboxylic acids is 3. The van der Waals surface area contributed by atoms with Gasteiger partial charge < -0.3 is 94.4 Å². The second kappa shape index (κ2) is 36.7. The maximum atomic E-state index is 14.3. The first-order valence-corrected chi connectivity index (χ1v) is 28.5. The smallest absolute Gasteiger partial charge is 0.305 e. The van der Waals surface area contributed by atoms with Crippen LogP contribution >= 0.6 is 0 Å². The van der Waals surface area contributed by atoms with Crippen LogP contribution in [0.3, 0.4) is 0 Å². The van der Waals surface area contributed by atoms with Gasteiger partial charge >= 0.3 is 17.9 Å². The van der Waals surface area contributed by atoms with Crippen molar-refractivity contribution in [3.8, 4) is 5.75 Å². The van der Waals surface area contributed by atoms with Gasteiger partial charge in [0.2, 0.25) is 70.8 Å². The summed E-state index contributed by atoms with van der Waals surface area (Å²) < 4.78 is 0. The molecule has 1 unspecified atom stereocenters. The molecule has 1 fully saturated rings. The fraction of sp³-hybridized carbons (Fsp3) is 0.600. The normalized spacial score (nSPS) is 16.1. The average molecular weight is 1260 g/mol. The number of carboxylic acid groups (broad SMARTS) is 3. The minimum absolute atomic E-state index is 0.00838. The molecule has 89 heavy (non-hydrogen) atoms. The molecule has 494 valence electrons. The molecule has 0 aromatic heterocycles. The number of hydrogen-bond acceptors (Lipinski definition) is 19. The number of primary amides is 1. The molecule has 34 heteroatoms. The third kappa shape index (κ3) is 25.5. The van der Waals surface area contributed by atoms with Crippen molar-refractivity contribution in [3.63, 3.8) is 0 Å². The summed E-state index contributed by atoms with van der Waals surface area (Å²) in [4.78, 5) is 209. The molecule has 1 heterocycles. The Morgan fingerprint density at radius 2 is 1.08 bits per heavy atom. The van der Waals surface area contributed by atoms with Gasteiger partial charge in [-0.25, -0.2) is 0 Å². The van der Waals surface area contributed by atoms with E-state index in [-0.39, 0.29) is 50.8 Å². The molecule has 18 N–H and O–H groups in total. The molecule has 1 aliphatic heterocycles. The van der Waals surface area contributed by atoms with Gasteiger partial charge in [0.25, 0.3) is 5.91 Å². The van der Waals surface area contributed by atoms with Crippen LogP contribution in [0.5, 0.6) is 5.75 Å². The van der Waals surface area contributed by atoms with Crippen LogP contribution in [0.1, 0.15) is 112 Å². The monoisotopic (exact) mass is 1260 g/mol. The predicted octanol–water partition coefficient (Wildman–Crippen LogP) is -5.83. The molecule has 1 saturated heterocycles. The van der Waals surface area contributed by atoms with Crippen LogP contribution in [-0.4, -0.2) is 216 Å². The number of carbonyl (C=O) groups excluding carboxylic acids is 13. The van der Waals surface area contributed by atoms with Crippen molar-refractivity contribution in [2.24, 2.45) is 17.6 Å². The highest BCUT2D eigenvalue weighted by molar-refractivity contribution is 6.38. The van der Waals surface area contributed by atoms with Crippen molar-refractivity contribution in [1.82, 2.24) is 58.1 Å². The molecular formula is C55H82N12O22. The molecule has 1 aromatic rings. The summed E-state index contributed by atoms with van der Waals surface area (Å²) in [6.45, 7) is 7.94. The van der Waals surface area contributed by atoms with Crippen LogP contribution in [0.15, 0.2) is 24.3 Å². The zero-order valence-electron chi connectivity index (χ0n) is 50.2. The number of nitrogens with one attached hydrogen (secondary N) is 10. The molecule has 11 atom stereocenters. The van der Waals surface area contributed by atoms with Gasteiger partial charge in [-0.1, -0.05) is 53.2 Å². The van der Waals surface area contributed by atoms with Crippen molar-refractivity contribution < 1.29 is 107 Å². The van der Waals surface area contributed by atoms with E-state index in [0.717, 1.165) is 18.7 Å². The van der Waals surface area contributed by atoms with Crippen LogP contribution < -0.4 is 58.9 Å². The largest absolute Gasteiger partial charge is 0.508 e. The number of aliphatic hydroxyl groups is 2. The molecule has 12 amide bonds. The molecule has 34 nitrogen and oxygen atoms in total. The molecule has 0 saturated carbocycles. The van der Waals surface area contributed by atoms with E-state index >= 15 is 0 Å². The fourth-order valence-corrected chi connectivity index (χ4v) is 8.95. The Morgan fingerprint density at radius 1 is 0.584 bits per heavy atom. The number of carbonyl (C=O) groups is 16. The number of phenolic OH excluding ortho intramolecular Hbond substituents is 1. The van der Waals surface area contributed by atoms with E-state index in [1.54, 1.807) is 20.8 Å². The van der Waals surface area contributed by atoms with Crippen molar-refractivity contribution >= 4 is 94.6 Å². The second-order valence-electron chi connectivity index (χ2n) is 21.7. The van der Waals surface area contributed by atoms with Gasteiger partial charge in [0.1, 0.15) is 60.1 Å². The zero-order valence-corrected chi connectivity index (χ0v) is 50.2. The Morgan fingerprint density at radius 3 is 1.58 bits per heavy atom. The summed E-state index contributed by atoms with van der Waals surface area (Å²) in [5.41, 5.74) is 5.54. The molecule has 0 aliphatic carbocycles. The summed E-state index contributed by atoms with van der Waals surface area (Å²) >= 11 is 0. The van der Waals surface area contributed by atoms with E-state index in [2.05, 4.69) is 47.9 Å². The van der Waals surface area contributed by atoms with E-state index in [4.69, 9.17) is 10.8 Å². The predicted molar refractivity (Wildman–Crippen MR) is 306 cm³/mol. The van der Waals surface area contributed by atoms with Gasteiger partial charge in [0.05, 0.1) is 31.7 Å². The summed E-state index contributed by atoms with van der Waals surface area (Å²) in [7, 11) is 0. The first-order chi connectivity index (χ1) is 41.6. The number of amides is 12. The Hall–Kier alpha value is -9.34. The van der Waals surface area contributed by atoms with Gasteiger partial charge in [-0.05, 0) is 68.6 Å². The lowest BCUT2D eigenvalue weighted by Gasteiger charge is -2.33. The van der Waals surface area contributed by atoms with Crippen molar-refractivity contribution in [1.29, 1.82) is 0 Å². The lowest BCUT2D eigenvalue weighted by atomic mass is 9.98. The number of phenols is 1. The molecule has 2 rings (SSSR count). The van der Waals surface area contributed by atoms with Gasteiger partial charge in [0.15, 0.2) is 0 Å². The number of hydrogen-bond donors (Lipinski definition) is 17. The lowest BCUT2D eigenvalue weighted by Crippen LogP contribution is -2.61. The van der Waals surface area contributed by atoms with Crippen LogP contribution in [0, 0.1) is 11.8 Å². The highest BCUT2D eigenvalue weighted by atomic mass is 16.4. The highest BCUT2D eigenvalue weighted by Crippen LogP contribution is 2.22. The summed E-state index contributed by atoms with van der Waals surface area (Å²) in [5.74, 6) is -19.8. The number of nitrogens with two attached hydrogens (primary N) is 1. The number of aliphatic hydroxyl groups excluding tert-OH is 2. The van der Waals surface area contributed by atoms with E-state index in [0.29, 0.717) is 5.56 Å². The number of ketones is 1. The first-order valence-electron chi connectivity index (χ1n) is 28.5. The van der Waals surface area contributed by atoms with Crippen LogP contribution in [0.25, 0.3) is 0 Å². The maximum absolute atomic E-state index is 14.3. The molecule has 0 spiro atoms. The number of aromatic hydroxyl groups is 1. The van der Waals surface area contributed by atoms with Gasteiger partial charge in [-0.3, -0.25) is 76.7 Å². The average Bonchev–Trinajstić information content (AvgIpc) is 3.48. The van der Waals surface area contributed by atoms with E-state index in [9.17, 15) is 102 Å². The molecular weight excluding hydrogens is 1180 g/mol. The van der Waals surface area contributed by atoms with Crippen LogP contribution in [0.4, 0.5) is 0 Å². The summed E-state index contributed by atoms with van der Waals surface area (Å²) in [6.07, 6.45) is -4.94. The van der Waals surface area contributed by atoms with E-state index < -0.39 is 212 Å². The minimum atomic E-state index is -2.01. The Bertz CT molecular complexity index is 2760. The van der Waals surface area contributed by atoms with Crippen molar-refractivity contribution in [2.45, 2.75) is 179 Å². The number of aliphatic carboxylic acids is 3. The molecule has 1 aliphatic rings. The Balaban J connectivity index is 2.23. The second-order valence-corrected chi connectivity index (χ2v) is 21.7. The number of likely N-dealkylation sites (tertiary alicyclic amines) is 1. The molecule has 1 aromatic carbocycles. The van der Waals surface area contributed by atoms with Crippen LogP contribution in [-0.2, 0) is 83.1 Å². The topological polar surface area (TPSA) is 544 Å². The molecule has 0 radical (unpaired) electrons. The lowest BCUT2D eigenvalue weighted by molar-refractivity contribution is -0.144. The van der Waals surface area contributed by atoms with Crippen molar-refractivity contribution in [2.75, 3.05) is 19.7 Å². The number of rotatable bonds is 38. The maximum Gasteiger partial charge on any atom is 0.305 e. The third-order valence-electron chi connectivity index (χ3n) is 13.7. The Kier molecular flexibility index (Phi) is 31.3. The summed E-state index contributed by atoms with van der Waals surface area (Å²) in [6, 6.07) is -10.6. The van der Waals surface area contributed by atoms with Gasteiger partial charge in [-0.2, -0.15) is 0 Å². The molecule has 0 bridgehead atoms. The van der Waals surface area contributed by atoms with E-state index in [1.165, 1.54) is 38.1 Å².